The zero-order chi connectivity index (χ0) is 10.9. The lowest BCUT2D eigenvalue weighted by molar-refractivity contribution is -0.142. The van der Waals surface area contributed by atoms with Crippen LogP contribution in [0.4, 0.5) is 4.39 Å². The van der Waals surface area contributed by atoms with Crippen molar-refractivity contribution >= 4 is 5.91 Å². The zero-order valence-electron chi connectivity index (χ0n) is 8.42. The van der Waals surface area contributed by atoms with Crippen LogP contribution in [0.1, 0.15) is 12.5 Å². The van der Waals surface area contributed by atoms with Crippen LogP contribution in [0.25, 0.3) is 0 Å². The number of benzene rings is 1. The van der Waals surface area contributed by atoms with E-state index in [1.54, 1.807) is 12.1 Å². The Balaban J connectivity index is 2.22. The van der Waals surface area contributed by atoms with Crippen molar-refractivity contribution in [2.45, 2.75) is 12.5 Å². The van der Waals surface area contributed by atoms with E-state index >= 15 is 0 Å². The van der Waals surface area contributed by atoms with Gasteiger partial charge >= 0.3 is 0 Å². The molecule has 1 N–H and O–H groups in total. The third kappa shape index (κ3) is 1.99. The number of morpholine rings is 1. The highest BCUT2D eigenvalue weighted by Gasteiger charge is 2.32. The third-order valence-corrected chi connectivity index (χ3v) is 2.60. The maximum absolute atomic E-state index is 12.7. The van der Waals surface area contributed by atoms with Gasteiger partial charge in [0.25, 0.3) is 0 Å². The topological polar surface area (TPSA) is 38.3 Å². The highest BCUT2D eigenvalue weighted by molar-refractivity contribution is 5.78. The van der Waals surface area contributed by atoms with E-state index in [1.165, 1.54) is 12.1 Å². The van der Waals surface area contributed by atoms with Crippen molar-refractivity contribution in [3.05, 3.63) is 35.6 Å². The summed E-state index contributed by atoms with van der Waals surface area (Å²) >= 11 is 0. The highest BCUT2D eigenvalue weighted by Crippen LogP contribution is 2.26. The fraction of sp³-hybridized carbons (Fsp3) is 0.364. The molecular formula is C11H12FNO2. The van der Waals surface area contributed by atoms with Gasteiger partial charge in [0.2, 0.25) is 5.91 Å². The van der Waals surface area contributed by atoms with E-state index in [1.807, 2.05) is 6.92 Å². The summed E-state index contributed by atoms with van der Waals surface area (Å²) in [4.78, 5) is 10.9. The minimum atomic E-state index is -0.554. The minimum absolute atomic E-state index is 0.0495. The first-order chi connectivity index (χ1) is 7.10. The Morgan fingerprint density at radius 3 is 2.60 bits per heavy atom. The van der Waals surface area contributed by atoms with Crippen molar-refractivity contribution < 1.29 is 13.9 Å². The molecule has 1 aromatic carbocycles. The molecule has 1 unspecified atom stereocenters. The van der Waals surface area contributed by atoms with E-state index in [4.69, 9.17) is 4.74 Å². The lowest BCUT2D eigenvalue weighted by atomic mass is 9.94. The molecule has 4 heteroatoms. The molecule has 0 aliphatic carbocycles. The predicted molar refractivity (Wildman–Crippen MR) is 52.7 cm³/mol. The van der Waals surface area contributed by atoms with E-state index in [0.717, 1.165) is 5.56 Å². The molecule has 0 spiro atoms. The molecule has 0 bridgehead atoms. The summed E-state index contributed by atoms with van der Waals surface area (Å²) in [6, 6.07) is 6.13. The Morgan fingerprint density at radius 2 is 2.07 bits per heavy atom. The molecule has 1 aliphatic rings. The van der Waals surface area contributed by atoms with Crippen LogP contribution in [0, 0.1) is 5.82 Å². The molecule has 1 saturated heterocycles. The number of amides is 1. The Kier molecular flexibility index (Phi) is 2.44. The summed E-state index contributed by atoms with van der Waals surface area (Å²) in [7, 11) is 0. The van der Waals surface area contributed by atoms with Crippen molar-refractivity contribution in [1.29, 1.82) is 0 Å². The molecule has 1 aromatic rings. The second-order valence-electron chi connectivity index (χ2n) is 3.80. The largest absolute Gasteiger partial charge is 0.359 e. The number of halogens is 1. The maximum atomic E-state index is 12.7. The van der Waals surface area contributed by atoms with E-state index in [2.05, 4.69) is 5.32 Å². The summed E-state index contributed by atoms with van der Waals surface area (Å²) in [6.07, 6.45) is 0. The lowest BCUT2D eigenvalue weighted by Gasteiger charge is -2.34. The molecule has 3 nitrogen and oxygen atoms in total. The average Bonchev–Trinajstić information content (AvgIpc) is 2.24. The van der Waals surface area contributed by atoms with Crippen LogP contribution in [0.5, 0.6) is 0 Å². The SMILES string of the molecule is CC1(c2ccc(F)cc2)CNC(=O)CO1. The monoisotopic (exact) mass is 209 g/mol. The third-order valence-electron chi connectivity index (χ3n) is 2.60. The van der Waals surface area contributed by atoms with Crippen molar-refractivity contribution in [2.75, 3.05) is 13.2 Å². The van der Waals surface area contributed by atoms with Gasteiger partial charge in [-0.3, -0.25) is 4.79 Å². The molecular weight excluding hydrogens is 197 g/mol. The zero-order valence-corrected chi connectivity index (χ0v) is 8.42. The normalized spacial score (nSPS) is 26.1. The molecule has 15 heavy (non-hydrogen) atoms. The van der Waals surface area contributed by atoms with Crippen molar-refractivity contribution in [3.8, 4) is 0 Å². The van der Waals surface area contributed by atoms with Crippen LogP contribution in [0.3, 0.4) is 0 Å². The Hall–Kier alpha value is -1.42. The van der Waals surface area contributed by atoms with Crippen LogP contribution >= 0.6 is 0 Å². The van der Waals surface area contributed by atoms with Crippen LogP contribution in [0.2, 0.25) is 0 Å². The lowest BCUT2D eigenvalue weighted by Crippen LogP contribution is -2.48. The summed E-state index contributed by atoms with van der Waals surface area (Å²) in [5.41, 5.74) is 0.311. The summed E-state index contributed by atoms with van der Waals surface area (Å²) in [5, 5.41) is 2.73. The molecule has 1 amide bonds. The summed E-state index contributed by atoms with van der Waals surface area (Å²) in [5.74, 6) is -0.392. The van der Waals surface area contributed by atoms with Gasteiger partial charge in [-0.05, 0) is 24.6 Å². The molecule has 2 rings (SSSR count). The average molecular weight is 209 g/mol. The molecule has 1 atom stereocenters. The van der Waals surface area contributed by atoms with E-state index < -0.39 is 5.60 Å². The van der Waals surface area contributed by atoms with Gasteiger partial charge in [-0.25, -0.2) is 4.39 Å². The second-order valence-corrected chi connectivity index (χ2v) is 3.80. The first kappa shape index (κ1) is 10.1. The van der Waals surface area contributed by atoms with Gasteiger partial charge in [0.05, 0.1) is 6.54 Å². The van der Waals surface area contributed by atoms with Gasteiger partial charge in [-0.1, -0.05) is 12.1 Å². The number of rotatable bonds is 1. The fourth-order valence-electron chi connectivity index (χ4n) is 1.58. The van der Waals surface area contributed by atoms with Crippen molar-refractivity contribution in [3.63, 3.8) is 0 Å². The summed E-state index contributed by atoms with van der Waals surface area (Å²) < 4.78 is 18.2. The first-order valence-electron chi connectivity index (χ1n) is 4.77. The number of carbonyl (C=O) groups excluding carboxylic acids is 1. The van der Waals surface area contributed by atoms with Gasteiger partial charge in [0, 0.05) is 0 Å². The molecule has 0 radical (unpaired) electrons. The van der Waals surface area contributed by atoms with Crippen LogP contribution < -0.4 is 5.32 Å². The standard InChI is InChI=1S/C11H12FNO2/c1-11(7-13-10(14)6-15-11)8-2-4-9(12)5-3-8/h2-5H,6-7H2,1H3,(H,13,14). The van der Waals surface area contributed by atoms with Gasteiger partial charge in [0.1, 0.15) is 18.0 Å². The van der Waals surface area contributed by atoms with E-state index in [0.29, 0.717) is 6.54 Å². The minimum Gasteiger partial charge on any atom is -0.359 e. The second kappa shape index (κ2) is 3.62. The van der Waals surface area contributed by atoms with Crippen LogP contribution in [0.15, 0.2) is 24.3 Å². The molecule has 1 aliphatic heterocycles. The Bertz CT molecular complexity index is 365. The van der Waals surface area contributed by atoms with Crippen molar-refractivity contribution in [1.82, 2.24) is 5.32 Å². The van der Waals surface area contributed by atoms with Gasteiger partial charge < -0.3 is 10.1 Å². The quantitative estimate of drug-likeness (QED) is 0.754. The molecule has 0 saturated carbocycles. The summed E-state index contributed by atoms with van der Waals surface area (Å²) in [6.45, 7) is 2.34. The molecule has 1 fully saturated rings. The number of carbonyl (C=O) groups is 1. The Morgan fingerprint density at radius 1 is 1.40 bits per heavy atom. The first-order valence-corrected chi connectivity index (χ1v) is 4.77. The maximum Gasteiger partial charge on any atom is 0.246 e. The highest BCUT2D eigenvalue weighted by atomic mass is 19.1. The number of hydrogen-bond acceptors (Lipinski definition) is 2. The predicted octanol–water partition coefficient (Wildman–Crippen LogP) is 1.19. The fourth-order valence-corrected chi connectivity index (χ4v) is 1.58. The number of hydrogen-bond donors (Lipinski definition) is 1. The van der Waals surface area contributed by atoms with E-state index in [9.17, 15) is 9.18 Å². The Labute approximate surface area is 87.2 Å². The molecule has 0 aromatic heterocycles. The van der Waals surface area contributed by atoms with E-state index in [-0.39, 0.29) is 18.3 Å². The smallest absolute Gasteiger partial charge is 0.246 e. The number of ether oxygens (including phenoxy) is 1. The van der Waals surface area contributed by atoms with Crippen LogP contribution in [-0.2, 0) is 15.1 Å². The van der Waals surface area contributed by atoms with Gasteiger partial charge in [-0.2, -0.15) is 0 Å². The number of nitrogens with one attached hydrogen (secondary N) is 1. The van der Waals surface area contributed by atoms with Gasteiger partial charge in [0.15, 0.2) is 0 Å². The van der Waals surface area contributed by atoms with Gasteiger partial charge in [-0.15, -0.1) is 0 Å². The molecule has 1 heterocycles. The van der Waals surface area contributed by atoms with Crippen molar-refractivity contribution in [2.24, 2.45) is 0 Å². The van der Waals surface area contributed by atoms with Crippen LogP contribution in [-0.4, -0.2) is 19.1 Å². The molecule has 80 valence electrons.